The molecule has 1 aliphatic rings. The van der Waals surface area contributed by atoms with E-state index in [4.69, 9.17) is 21.4 Å². The van der Waals surface area contributed by atoms with Crippen LogP contribution in [0.4, 0.5) is 0 Å². The third-order valence-electron chi connectivity index (χ3n) is 3.50. The van der Waals surface area contributed by atoms with Crippen molar-refractivity contribution < 1.29 is 19.7 Å². The predicted octanol–water partition coefficient (Wildman–Crippen LogP) is 2.10. The minimum Gasteiger partial charge on any atom is -0.503 e. The Hall–Kier alpha value is -1.46. The largest absolute Gasteiger partial charge is 0.503 e. The lowest BCUT2D eigenvalue weighted by molar-refractivity contribution is -0.141. The Kier molecular flexibility index (Phi) is 3.87. The molecule has 0 saturated carbocycles. The van der Waals surface area contributed by atoms with Crippen molar-refractivity contribution >= 4 is 17.6 Å². The summed E-state index contributed by atoms with van der Waals surface area (Å²) in [6.45, 7) is 2.27. The molecule has 1 heterocycles. The molecule has 19 heavy (non-hydrogen) atoms. The van der Waals surface area contributed by atoms with Crippen LogP contribution in [0, 0.1) is 12.8 Å². The van der Waals surface area contributed by atoms with E-state index in [-0.39, 0.29) is 16.8 Å². The van der Waals surface area contributed by atoms with Gasteiger partial charge in [0, 0.05) is 12.6 Å². The van der Waals surface area contributed by atoms with Crippen molar-refractivity contribution in [2.45, 2.75) is 19.4 Å². The summed E-state index contributed by atoms with van der Waals surface area (Å²) < 4.78 is 5.03. The highest BCUT2D eigenvalue weighted by Gasteiger charge is 2.33. The molecule has 1 saturated heterocycles. The number of hydrogen-bond donors (Lipinski definition) is 3. The Labute approximate surface area is 116 Å². The van der Waals surface area contributed by atoms with E-state index in [1.54, 1.807) is 6.07 Å². The van der Waals surface area contributed by atoms with Gasteiger partial charge < -0.3 is 20.3 Å². The zero-order valence-corrected chi connectivity index (χ0v) is 11.5. The average molecular weight is 286 g/mol. The number of hydrogen-bond acceptors (Lipinski definition) is 4. The predicted molar refractivity (Wildman–Crippen MR) is 70.9 cm³/mol. The fraction of sp³-hybridized carbons (Fsp3) is 0.462. The second kappa shape index (κ2) is 5.27. The maximum Gasteiger partial charge on any atom is 0.307 e. The molecule has 2 unspecified atom stereocenters. The third kappa shape index (κ3) is 2.48. The van der Waals surface area contributed by atoms with Crippen LogP contribution in [0.25, 0.3) is 0 Å². The molecule has 0 aliphatic carbocycles. The molecule has 2 rings (SSSR count). The molecule has 2 atom stereocenters. The van der Waals surface area contributed by atoms with Gasteiger partial charge in [-0.05, 0) is 30.5 Å². The smallest absolute Gasteiger partial charge is 0.307 e. The minimum absolute atomic E-state index is 0.106. The van der Waals surface area contributed by atoms with Crippen molar-refractivity contribution in [3.63, 3.8) is 0 Å². The molecule has 6 heteroatoms. The second-order valence-electron chi connectivity index (χ2n) is 4.70. The summed E-state index contributed by atoms with van der Waals surface area (Å²) in [5.41, 5.74) is 1.60. The Balaban J connectivity index is 2.36. The first-order valence-corrected chi connectivity index (χ1v) is 6.35. The summed E-state index contributed by atoms with van der Waals surface area (Å²) in [6.07, 6.45) is 0.460. The molecule has 0 aromatic heterocycles. The van der Waals surface area contributed by atoms with Gasteiger partial charge >= 0.3 is 5.97 Å². The molecule has 0 amide bonds. The van der Waals surface area contributed by atoms with Gasteiger partial charge in [-0.15, -0.1) is 0 Å². The van der Waals surface area contributed by atoms with Crippen LogP contribution in [0.15, 0.2) is 6.07 Å². The average Bonchev–Trinajstić information content (AvgIpc) is 2.83. The van der Waals surface area contributed by atoms with Gasteiger partial charge in [-0.1, -0.05) is 11.6 Å². The number of carboxylic acid groups (broad SMARTS) is 1. The van der Waals surface area contributed by atoms with Crippen molar-refractivity contribution in [2.75, 3.05) is 13.7 Å². The number of methoxy groups -OCH3 is 1. The maximum absolute atomic E-state index is 11.0. The first-order valence-electron chi connectivity index (χ1n) is 5.97. The Morgan fingerprint density at radius 3 is 2.79 bits per heavy atom. The minimum atomic E-state index is -0.818. The SMILES string of the molecule is COc1cc(C)c(C2CC(C(=O)O)CN2)c(Cl)c1O. The summed E-state index contributed by atoms with van der Waals surface area (Å²) in [4.78, 5) is 11.0. The molecule has 1 aromatic carbocycles. The lowest BCUT2D eigenvalue weighted by Crippen LogP contribution is -2.17. The van der Waals surface area contributed by atoms with E-state index in [1.807, 2.05) is 6.92 Å². The number of ether oxygens (including phenoxy) is 1. The van der Waals surface area contributed by atoms with Gasteiger partial charge in [-0.2, -0.15) is 0 Å². The molecule has 0 bridgehead atoms. The number of benzene rings is 1. The van der Waals surface area contributed by atoms with E-state index in [0.717, 1.165) is 11.1 Å². The molecular weight excluding hydrogens is 270 g/mol. The van der Waals surface area contributed by atoms with E-state index >= 15 is 0 Å². The highest BCUT2D eigenvalue weighted by Crippen LogP contribution is 2.43. The van der Waals surface area contributed by atoms with Gasteiger partial charge in [0.25, 0.3) is 0 Å². The van der Waals surface area contributed by atoms with Crippen LogP contribution in [0.3, 0.4) is 0 Å². The van der Waals surface area contributed by atoms with Crippen LogP contribution in [-0.2, 0) is 4.79 Å². The number of nitrogens with one attached hydrogen (secondary N) is 1. The number of aryl methyl sites for hydroxylation is 1. The third-order valence-corrected chi connectivity index (χ3v) is 3.88. The summed E-state index contributed by atoms with van der Waals surface area (Å²) in [5.74, 6) is -1.03. The van der Waals surface area contributed by atoms with Crippen LogP contribution in [0.2, 0.25) is 5.02 Å². The Morgan fingerprint density at radius 2 is 2.26 bits per heavy atom. The standard InChI is InChI=1S/C13H16ClNO4/c1-6-3-9(19-2)12(16)11(14)10(6)8-4-7(5-15-8)13(17)18/h3,7-8,15-16H,4-5H2,1-2H3,(H,17,18). The second-order valence-corrected chi connectivity index (χ2v) is 5.08. The van der Waals surface area contributed by atoms with E-state index in [9.17, 15) is 9.90 Å². The number of carboxylic acids is 1. The number of phenols is 1. The number of aromatic hydroxyl groups is 1. The van der Waals surface area contributed by atoms with Crippen LogP contribution in [-0.4, -0.2) is 29.8 Å². The molecule has 3 N–H and O–H groups in total. The molecule has 1 fully saturated rings. The zero-order chi connectivity index (χ0) is 14.2. The number of rotatable bonds is 3. The maximum atomic E-state index is 11.0. The summed E-state index contributed by atoms with van der Waals surface area (Å²) in [7, 11) is 1.46. The molecule has 0 radical (unpaired) electrons. The first kappa shape index (κ1) is 14.0. The number of phenolic OH excluding ortho intramolecular Hbond substituents is 1. The van der Waals surface area contributed by atoms with Crippen molar-refractivity contribution in [1.82, 2.24) is 5.32 Å². The number of carbonyl (C=O) groups is 1. The zero-order valence-electron chi connectivity index (χ0n) is 10.7. The van der Waals surface area contributed by atoms with Crippen molar-refractivity contribution in [2.24, 2.45) is 5.92 Å². The highest BCUT2D eigenvalue weighted by molar-refractivity contribution is 6.33. The van der Waals surface area contributed by atoms with Crippen molar-refractivity contribution in [3.05, 3.63) is 22.2 Å². The first-order chi connectivity index (χ1) is 8.95. The Bertz CT molecular complexity index is 518. The quantitative estimate of drug-likeness (QED) is 0.793. The normalized spacial score (nSPS) is 22.5. The molecule has 104 valence electrons. The van der Waals surface area contributed by atoms with Gasteiger partial charge in [-0.3, -0.25) is 4.79 Å². The molecular formula is C13H16ClNO4. The van der Waals surface area contributed by atoms with Crippen LogP contribution < -0.4 is 10.1 Å². The fourth-order valence-corrected chi connectivity index (χ4v) is 2.85. The van der Waals surface area contributed by atoms with Crippen LogP contribution >= 0.6 is 11.6 Å². The van der Waals surface area contributed by atoms with Gasteiger partial charge in [0.15, 0.2) is 11.5 Å². The van der Waals surface area contributed by atoms with Gasteiger partial charge in [-0.25, -0.2) is 0 Å². The number of aliphatic carboxylic acids is 1. The summed E-state index contributed by atoms with van der Waals surface area (Å²) in [5, 5.41) is 22.3. The summed E-state index contributed by atoms with van der Waals surface area (Å²) in [6, 6.07) is 1.54. The van der Waals surface area contributed by atoms with Gasteiger partial charge in [0.2, 0.25) is 0 Å². The fourth-order valence-electron chi connectivity index (χ4n) is 2.48. The Morgan fingerprint density at radius 1 is 1.58 bits per heavy atom. The van der Waals surface area contributed by atoms with E-state index in [2.05, 4.69) is 5.32 Å². The van der Waals surface area contributed by atoms with Crippen molar-refractivity contribution in [3.8, 4) is 11.5 Å². The lowest BCUT2D eigenvalue weighted by Gasteiger charge is -2.18. The van der Waals surface area contributed by atoms with Crippen LogP contribution in [0.5, 0.6) is 11.5 Å². The molecule has 1 aromatic rings. The molecule has 1 aliphatic heterocycles. The summed E-state index contributed by atoms with van der Waals surface area (Å²) >= 11 is 6.17. The number of halogens is 1. The van der Waals surface area contributed by atoms with Gasteiger partial charge in [0.1, 0.15) is 0 Å². The monoisotopic (exact) mass is 285 g/mol. The van der Waals surface area contributed by atoms with Crippen LogP contribution in [0.1, 0.15) is 23.6 Å². The topological polar surface area (TPSA) is 78.8 Å². The molecule has 5 nitrogen and oxygen atoms in total. The molecule has 0 spiro atoms. The van der Waals surface area contributed by atoms with Gasteiger partial charge in [0.05, 0.1) is 18.1 Å². The van der Waals surface area contributed by atoms with E-state index < -0.39 is 11.9 Å². The van der Waals surface area contributed by atoms with E-state index in [0.29, 0.717) is 18.7 Å². The lowest BCUT2D eigenvalue weighted by atomic mass is 9.96. The van der Waals surface area contributed by atoms with Crippen molar-refractivity contribution in [1.29, 1.82) is 0 Å². The van der Waals surface area contributed by atoms with E-state index in [1.165, 1.54) is 7.11 Å². The highest BCUT2D eigenvalue weighted by atomic mass is 35.5.